The zero-order valence-corrected chi connectivity index (χ0v) is 20.8. The van der Waals surface area contributed by atoms with Crippen LogP contribution in [-0.2, 0) is 19.2 Å². The number of hydrogen-bond donors (Lipinski definition) is 4. The Bertz CT molecular complexity index is 351. The second kappa shape index (κ2) is 26.8. The minimum Gasteiger partial charge on any atom is -0.550 e. The van der Waals surface area contributed by atoms with Crippen LogP contribution in [0.4, 0.5) is 0 Å². The van der Waals surface area contributed by atoms with Crippen molar-refractivity contribution in [2.75, 3.05) is 26.2 Å². The number of carbonyl (C=O) groups excluding carboxylic acids is 2. The van der Waals surface area contributed by atoms with Crippen molar-refractivity contribution in [3.63, 3.8) is 0 Å². The van der Waals surface area contributed by atoms with Gasteiger partial charge in [-0.15, -0.1) is 0 Å². The molecule has 0 spiro atoms. The molecule has 0 amide bonds. The van der Waals surface area contributed by atoms with Crippen molar-refractivity contribution in [2.45, 2.75) is 51.4 Å². The van der Waals surface area contributed by atoms with Gasteiger partial charge >= 0.3 is 71.1 Å². The molecule has 0 saturated heterocycles. The molecule has 152 valence electrons. The molecule has 0 rings (SSSR count). The van der Waals surface area contributed by atoms with Crippen LogP contribution < -0.4 is 80.0 Å². The fraction of sp³-hybridized carbons (Fsp3) is 0.750. The molecule has 0 aromatic heterocycles. The predicted octanol–water partition coefficient (Wildman–Crippen LogP) is -8.05. The van der Waals surface area contributed by atoms with E-state index in [-0.39, 0.29) is 85.0 Å². The molecule has 0 unspecified atom stereocenters. The van der Waals surface area contributed by atoms with Crippen LogP contribution in [0.1, 0.15) is 51.4 Å². The summed E-state index contributed by atoms with van der Waals surface area (Å²) >= 11 is 0. The topological polar surface area (TPSA) is 179 Å². The molecule has 0 atom stereocenters. The number of carboxylic acid groups (broad SMARTS) is 4. The van der Waals surface area contributed by atoms with E-state index in [1.807, 2.05) is 0 Å². The maximum absolute atomic E-state index is 10.0. The molecule has 0 aliphatic carbocycles. The molecule has 0 aromatic carbocycles. The van der Waals surface area contributed by atoms with E-state index >= 15 is 0 Å². The predicted molar refractivity (Wildman–Crippen MR) is 88.0 cm³/mol. The maximum atomic E-state index is 10.0. The summed E-state index contributed by atoms with van der Waals surface area (Å²) in [4.78, 5) is 40.0. The number of carbonyl (C=O) groups is 4. The third-order valence-electron chi connectivity index (χ3n) is 3.02. The summed E-state index contributed by atoms with van der Waals surface area (Å²) < 4.78 is 0. The molecule has 0 aromatic rings. The Balaban J connectivity index is -0.000000192. The molecular formula is C16H28N2Na2O8. The van der Waals surface area contributed by atoms with Crippen molar-refractivity contribution in [2.24, 2.45) is 0 Å². The smallest absolute Gasteiger partial charge is 0.550 e. The standard InChI is InChI=1S/2C8H15NO4.2Na/c2*10-7(11)4-2-1-3-5-9-6-8(12)13;;/h2*9H,1-6H2,(H,10,11)(H,12,13);;/q;;2*+1/p-2. The van der Waals surface area contributed by atoms with E-state index in [9.17, 15) is 29.4 Å². The minimum absolute atomic E-state index is 0. The summed E-state index contributed by atoms with van der Waals surface area (Å²) in [6.07, 6.45) is 4.49. The molecule has 0 bridgehead atoms. The zero-order valence-electron chi connectivity index (χ0n) is 16.8. The van der Waals surface area contributed by atoms with Crippen LogP contribution in [0.5, 0.6) is 0 Å². The van der Waals surface area contributed by atoms with Gasteiger partial charge in [-0.2, -0.15) is 0 Å². The van der Waals surface area contributed by atoms with E-state index in [4.69, 9.17) is 10.2 Å². The van der Waals surface area contributed by atoms with Gasteiger partial charge in [0.25, 0.3) is 0 Å². The summed E-state index contributed by atoms with van der Waals surface area (Å²) in [5.74, 6) is -3.82. The third kappa shape index (κ3) is 40.5. The van der Waals surface area contributed by atoms with Crippen molar-refractivity contribution in [3.05, 3.63) is 0 Å². The molecule has 0 saturated carbocycles. The van der Waals surface area contributed by atoms with Crippen molar-refractivity contribution in [1.82, 2.24) is 10.6 Å². The molecule has 10 nitrogen and oxygen atoms in total. The first-order valence-corrected chi connectivity index (χ1v) is 8.50. The number of carboxylic acids is 4. The van der Waals surface area contributed by atoms with Gasteiger partial charge in [0.15, 0.2) is 0 Å². The monoisotopic (exact) mass is 422 g/mol. The summed E-state index contributed by atoms with van der Waals surface area (Å²) in [6.45, 7) is 1.14. The van der Waals surface area contributed by atoms with Gasteiger partial charge in [-0.25, -0.2) is 0 Å². The Morgan fingerprint density at radius 3 is 1.18 bits per heavy atom. The average Bonchev–Trinajstić information content (AvgIpc) is 2.52. The van der Waals surface area contributed by atoms with Crippen LogP contribution in [0.2, 0.25) is 0 Å². The normalized spacial score (nSPS) is 9.14. The average molecular weight is 422 g/mol. The van der Waals surface area contributed by atoms with Gasteiger partial charge in [-0.05, 0) is 51.6 Å². The van der Waals surface area contributed by atoms with Gasteiger partial charge in [0.05, 0.1) is 13.1 Å². The third-order valence-corrected chi connectivity index (χ3v) is 3.02. The Hall–Kier alpha value is -0.200. The van der Waals surface area contributed by atoms with Crippen molar-refractivity contribution in [3.8, 4) is 0 Å². The minimum atomic E-state index is -1.03. The van der Waals surface area contributed by atoms with Crippen LogP contribution >= 0.6 is 0 Å². The van der Waals surface area contributed by atoms with E-state index in [1.54, 1.807) is 0 Å². The van der Waals surface area contributed by atoms with Crippen molar-refractivity contribution >= 4 is 23.9 Å². The summed E-state index contributed by atoms with van der Waals surface area (Å²) in [7, 11) is 0. The fourth-order valence-electron chi connectivity index (χ4n) is 1.78. The van der Waals surface area contributed by atoms with Crippen molar-refractivity contribution in [1.29, 1.82) is 0 Å². The van der Waals surface area contributed by atoms with Crippen LogP contribution in [0, 0.1) is 0 Å². The first-order chi connectivity index (χ1) is 12.3. The Labute approximate surface area is 209 Å². The van der Waals surface area contributed by atoms with Gasteiger partial charge in [-0.3, -0.25) is 9.59 Å². The van der Waals surface area contributed by atoms with Gasteiger partial charge in [0.2, 0.25) is 0 Å². The molecule has 0 radical (unpaired) electrons. The first kappa shape index (κ1) is 35.3. The Kier molecular flexibility index (Phi) is 33.7. The number of rotatable bonds is 16. The van der Waals surface area contributed by atoms with Gasteiger partial charge in [0.1, 0.15) is 0 Å². The quantitative estimate of drug-likeness (QED) is 0.138. The molecule has 4 N–H and O–H groups in total. The molecule has 0 heterocycles. The van der Waals surface area contributed by atoms with Gasteiger partial charge < -0.3 is 40.6 Å². The second-order valence-electron chi connectivity index (χ2n) is 5.51. The number of aliphatic carboxylic acids is 4. The van der Waals surface area contributed by atoms with E-state index in [0.29, 0.717) is 25.9 Å². The van der Waals surface area contributed by atoms with Crippen LogP contribution in [-0.4, -0.2) is 60.3 Å². The molecule has 0 aliphatic heterocycles. The largest absolute Gasteiger partial charge is 1.00 e. The molecule has 0 aliphatic rings. The van der Waals surface area contributed by atoms with Crippen molar-refractivity contribution < 1.29 is 98.7 Å². The number of nitrogens with one attached hydrogen (secondary N) is 2. The Morgan fingerprint density at radius 2 is 0.929 bits per heavy atom. The summed E-state index contributed by atoms with van der Waals surface area (Å²) in [5, 5.41) is 41.8. The zero-order chi connectivity index (χ0) is 20.2. The SMILES string of the molecule is O=C([O-])CCCCCNCC(=O)O.O=C([O-])CCCCCNCC(=O)O.[Na+].[Na+]. The molecule has 0 fully saturated rings. The maximum Gasteiger partial charge on any atom is 1.00 e. The van der Waals surface area contributed by atoms with E-state index in [0.717, 1.165) is 25.7 Å². The van der Waals surface area contributed by atoms with E-state index in [1.165, 1.54) is 0 Å². The Morgan fingerprint density at radius 1 is 0.607 bits per heavy atom. The van der Waals surface area contributed by atoms with E-state index < -0.39 is 23.9 Å². The second-order valence-corrected chi connectivity index (χ2v) is 5.51. The number of unbranched alkanes of at least 4 members (excludes halogenated alkanes) is 4. The number of hydrogen-bond acceptors (Lipinski definition) is 8. The van der Waals surface area contributed by atoms with Crippen LogP contribution in [0.3, 0.4) is 0 Å². The van der Waals surface area contributed by atoms with Crippen LogP contribution in [0.25, 0.3) is 0 Å². The van der Waals surface area contributed by atoms with Gasteiger partial charge in [-0.1, -0.05) is 12.8 Å². The fourth-order valence-corrected chi connectivity index (χ4v) is 1.78. The summed E-state index contributed by atoms with van der Waals surface area (Å²) in [5.41, 5.74) is 0. The molecule has 28 heavy (non-hydrogen) atoms. The molecular weight excluding hydrogens is 394 g/mol. The first-order valence-electron chi connectivity index (χ1n) is 8.50. The molecule has 12 heteroatoms. The van der Waals surface area contributed by atoms with Crippen LogP contribution in [0.15, 0.2) is 0 Å². The van der Waals surface area contributed by atoms with E-state index in [2.05, 4.69) is 10.6 Å². The van der Waals surface area contributed by atoms with Gasteiger partial charge in [0, 0.05) is 11.9 Å². The summed E-state index contributed by atoms with van der Waals surface area (Å²) in [6, 6.07) is 0.